The monoisotopic (exact) mass is 331 g/mol. The number of piperazine rings is 1. The highest BCUT2D eigenvalue weighted by Crippen LogP contribution is 2.06. The number of rotatable bonds is 7. The summed E-state index contributed by atoms with van der Waals surface area (Å²) >= 11 is 0. The van der Waals surface area contributed by atoms with Crippen LogP contribution in [0.5, 0.6) is 0 Å². The van der Waals surface area contributed by atoms with Crippen LogP contribution < -0.4 is 5.32 Å². The summed E-state index contributed by atoms with van der Waals surface area (Å²) in [5, 5.41) is 2.84. The molecular formula is C19H29N3O2. The highest BCUT2D eigenvalue weighted by molar-refractivity contribution is 5.80. The SMILES string of the molecule is CC(C)CN1CCN(C(=O)CCNC(=O)Cc2ccccc2)CC1. The standard InChI is InChI=1S/C19H29N3O2/c1-16(2)15-21-10-12-22(13-11-21)19(24)8-9-20-18(23)14-17-6-4-3-5-7-17/h3-7,16H,8-15H2,1-2H3,(H,20,23). The number of carbonyl (C=O) groups is 2. The van der Waals surface area contributed by atoms with Crippen molar-refractivity contribution in [3.63, 3.8) is 0 Å². The summed E-state index contributed by atoms with van der Waals surface area (Å²) in [4.78, 5) is 28.4. The van der Waals surface area contributed by atoms with Crippen LogP contribution in [0.2, 0.25) is 0 Å². The smallest absolute Gasteiger partial charge is 0.224 e. The Labute approximate surface area is 145 Å². The molecule has 5 heteroatoms. The van der Waals surface area contributed by atoms with Crippen LogP contribution in [0.4, 0.5) is 0 Å². The second-order valence-electron chi connectivity index (χ2n) is 6.84. The van der Waals surface area contributed by atoms with E-state index >= 15 is 0 Å². The van der Waals surface area contributed by atoms with Crippen molar-refractivity contribution in [3.8, 4) is 0 Å². The largest absolute Gasteiger partial charge is 0.355 e. The van der Waals surface area contributed by atoms with Crippen molar-refractivity contribution in [2.45, 2.75) is 26.7 Å². The van der Waals surface area contributed by atoms with Crippen LogP contribution in [0.15, 0.2) is 30.3 Å². The fraction of sp³-hybridized carbons (Fsp3) is 0.579. The second kappa shape index (κ2) is 9.42. The molecule has 0 aromatic heterocycles. The predicted molar refractivity (Wildman–Crippen MR) is 95.6 cm³/mol. The van der Waals surface area contributed by atoms with Crippen LogP contribution in [0.3, 0.4) is 0 Å². The molecule has 1 saturated heterocycles. The number of hydrogen-bond donors (Lipinski definition) is 1. The quantitative estimate of drug-likeness (QED) is 0.824. The third-order valence-corrected chi connectivity index (χ3v) is 4.22. The highest BCUT2D eigenvalue weighted by atomic mass is 16.2. The Hall–Kier alpha value is -1.88. The maximum atomic E-state index is 12.2. The third-order valence-electron chi connectivity index (χ3n) is 4.22. The Balaban J connectivity index is 1.62. The molecule has 0 bridgehead atoms. The van der Waals surface area contributed by atoms with Gasteiger partial charge in [0.25, 0.3) is 0 Å². The lowest BCUT2D eigenvalue weighted by Gasteiger charge is -2.35. The lowest BCUT2D eigenvalue weighted by molar-refractivity contribution is -0.133. The van der Waals surface area contributed by atoms with Crippen LogP contribution in [0.1, 0.15) is 25.8 Å². The van der Waals surface area contributed by atoms with Gasteiger partial charge < -0.3 is 10.2 Å². The molecule has 2 rings (SSSR count). The summed E-state index contributed by atoms with van der Waals surface area (Å²) in [5.41, 5.74) is 0.989. The summed E-state index contributed by atoms with van der Waals surface area (Å²) < 4.78 is 0. The average Bonchev–Trinajstić information content (AvgIpc) is 2.55. The van der Waals surface area contributed by atoms with Crippen molar-refractivity contribution < 1.29 is 9.59 Å². The zero-order valence-electron chi connectivity index (χ0n) is 14.8. The first-order chi connectivity index (χ1) is 11.5. The normalized spacial score (nSPS) is 15.5. The molecule has 1 aliphatic rings. The van der Waals surface area contributed by atoms with Crippen LogP contribution in [0.25, 0.3) is 0 Å². The van der Waals surface area contributed by atoms with Crippen molar-refractivity contribution in [1.29, 1.82) is 0 Å². The molecule has 5 nitrogen and oxygen atoms in total. The Bertz CT molecular complexity index is 523. The van der Waals surface area contributed by atoms with E-state index in [1.165, 1.54) is 0 Å². The zero-order valence-corrected chi connectivity index (χ0v) is 14.8. The molecule has 1 aromatic rings. The van der Waals surface area contributed by atoms with Crippen LogP contribution in [0, 0.1) is 5.92 Å². The zero-order chi connectivity index (χ0) is 17.4. The fourth-order valence-electron chi connectivity index (χ4n) is 3.01. The molecule has 1 aromatic carbocycles. The summed E-state index contributed by atoms with van der Waals surface area (Å²) in [5.74, 6) is 0.766. The highest BCUT2D eigenvalue weighted by Gasteiger charge is 2.21. The molecule has 1 fully saturated rings. The first-order valence-electron chi connectivity index (χ1n) is 8.85. The second-order valence-corrected chi connectivity index (χ2v) is 6.84. The Morgan fingerprint density at radius 2 is 1.75 bits per heavy atom. The van der Waals surface area contributed by atoms with Crippen molar-refractivity contribution in [1.82, 2.24) is 15.1 Å². The summed E-state index contributed by atoms with van der Waals surface area (Å²) in [6.45, 7) is 9.43. The lowest BCUT2D eigenvalue weighted by Crippen LogP contribution is -2.49. The molecular weight excluding hydrogens is 302 g/mol. The number of nitrogens with zero attached hydrogens (tertiary/aromatic N) is 2. The van der Waals surface area contributed by atoms with Gasteiger partial charge in [0.05, 0.1) is 6.42 Å². The Morgan fingerprint density at radius 3 is 2.38 bits per heavy atom. The molecule has 132 valence electrons. The minimum Gasteiger partial charge on any atom is -0.355 e. The lowest BCUT2D eigenvalue weighted by atomic mass is 10.1. The van der Waals surface area contributed by atoms with Gasteiger partial charge in [-0.1, -0.05) is 44.2 Å². The van der Waals surface area contributed by atoms with Gasteiger partial charge in [-0.3, -0.25) is 14.5 Å². The van der Waals surface area contributed by atoms with Crippen molar-refractivity contribution >= 4 is 11.8 Å². The first kappa shape index (κ1) is 18.5. The number of nitrogens with one attached hydrogen (secondary N) is 1. The topological polar surface area (TPSA) is 52.6 Å². The van der Waals surface area contributed by atoms with Gasteiger partial charge in [-0.15, -0.1) is 0 Å². The van der Waals surface area contributed by atoms with E-state index in [2.05, 4.69) is 24.1 Å². The average molecular weight is 331 g/mol. The number of benzene rings is 1. The Morgan fingerprint density at radius 1 is 1.08 bits per heavy atom. The van der Waals surface area contributed by atoms with E-state index in [1.54, 1.807) is 0 Å². The molecule has 2 amide bonds. The van der Waals surface area contributed by atoms with E-state index in [1.807, 2.05) is 35.2 Å². The van der Waals surface area contributed by atoms with E-state index in [-0.39, 0.29) is 11.8 Å². The van der Waals surface area contributed by atoms with Gasteiger partial charge in [-0.05, 0) is 11.5 Å². The van der Waals surface area contributed by atoms with Crippen LogP contribution in [-0.2, 0) is 16.0 Å². The van der Waals surface area contributed by atoms with Crippen molar-refractivity contribution in [3.05, 3.63) is 35.9 Å². The molecule has 1 heterocycles. The maximum Gasteiger partial charge on any atom is 0.224 e. The van der Waals surface area contributed by atoms with Crippen molar-refractivity contribution in [2.75, 3.05) is 39.3 Å². The van der Waals surface area contributed by atoms with Gasteiger partial charge >= 0.3 is 0 Å². The van der Waals surface area contributed by atoms with E-state index in [0.717, 1.165) is 38.3 Å². The number of hydrogen-bond acceptors (Lipinski definition) is 3. The summed E-state index contributed by atoms with van der Waals surface area (Å²) in [7, 11) is 0. The number of amides is 2. The maximum absolute atomic E-state index is 12.2. The van der Waals surface area contributed by atoms with Gasteiger partial charge in [0.1, 0.15) is 0 Å². The van der Waals surface area contributed by atoms with Gasteiger partial charge in [0, 0.05) is 45.7 Å². The summed E-state index contributed by atoms with van der Waals surface area (Å²) in [6, 6.07) is 9.64. The predicted octanol–water partition coefficient (Wildman–Crippen LogP) is 1.54. The molecule has 1 aliphatic heterocycles. The third kappa shape index (κ3) is 6.32. The van der Waals surface area contributed by atoms with Crippen LogP contribution >= 0.6 is 0 Å². The van der Waals surface area contributed by atoms with Gasteiger partial charge in [0.2, 0.25) is 11.8 Å². The van der Waals surface area contributed by atoms with E-state index in [4.69, 9.17) is 0 Å². The van der Waals surface area contributed by atoms with Gasteiger partial charge in [-0.25, -0.2) is 0 Å². The molecule has 1 N–H and O–H groups in total. The van der Waals surface area contributed by atoms with E-state index in [0.29, 0.717) is 25.3 Å². The molecule has 0 spiro atoms. The molecule has 0 aliphatic carbocycles. The first-order valence-corrected chi connectivity index (χ1v) is 8.85. The van der Waals surface area contributed by atoms with Gasteiger partial charge in [-0.2, -0.15) is 0 Å². The molecule has 0 unspecified atom stereocenters. The molecule has 24 heavy (non-hydrogen) atoms. The van der Waals surface area contributed by atoms with E-state index in [9.17, 15) is 9.59 Å². The summed E-state index contributed by atoms with van der Waals surface area (Å²) in [6.07, 6.45) is 0.744. The Kier molecular flexibility index (Phi) is 7.25. The van der Waals surface area contributed by atoms with E-state index < -0.39 is 0 Å². The molecule has 0 saturated carbocycles. The minimum atomic E-state index is -0.0317. The number of carbonyl (C=O) groups excluding carboxylic acids is 2. The minimum absolute atomic E-state index is 0.0317. The fourth-order valence-corrected chi connectivity index (χ4v) is 3.01. The van der Waals surface area contributed by atoms with Crippen LogP contribution in [-0.4, -0.2) is 60.9 Å². The molecule has 0 radical (unpaired) electrons. The van der Waals surface area contributed by atoms with Gasteiger partial charge in [0.15, 0.2) is 0 Å². The van der Waals surface area contributed by atoms with Crippen molar-refractivity contribution in [2.24, 2.45) is 5.92 Å². The molecule has 0 atom stereocenters.